The van der Waals surface area contributed by atoms with Gasteiger partial charge in [0.1, 0.15) is 29.5 Å². The molecule has 1 aliphatic rings. The molecule has 0 aliphatic heterocycles. The van der Waals surface area contributed by atoms with Crippen molar-refractivity contribution in [2.45, 2.75) is 13.8 Å². The summed E-state index contributed by atoms with van der Waals surface area (Å²) in [5.41, 5.74) is 11.3. The van der Waals surface area contributed by atoms with Gasteiger partial charge in [-0.25, -0.2) is 9.78 Å². The Labute approximate surface area is 184 Å². The molecule has 7 nitrogen and oxygen atoms in total. The predicted molar refractivity (Wildman–Crippen MR) is 120 cm³/mol. The average Bonchev–Trinajstić information content (AvgIpc) is 3.36. The Kier molecular flexibility index (Phi) is 5.10. The fourth-order valence-electron chi connectivity index (χ4n) is 3.81. The summed E-state index contributed by atoms with van der Waals surface area (Å²) in [4.78, 5) is 15.9. The first kappa shape index (κ1) is 20.6. The van der Waals surface area contributed by atoms with Crippen LogP contribution in [0.5, 0.6) is 0 Å². The summed E-state index contributed by atoms with van der Waals surface area (Å²) < 4.78 is 10.7. The number of rotatable bonds is 3. The van der Waals surface area contributed by atoms with Crippen molar-refractivity contribution in [2.24, 2.45) is 0 Å². The Morgan fingerprint density at radius 1 is 1.12 bits per heavy atom. The van der Waals surface area contributed by atoms with E-state index in [1.54, 1.807) is 31.2 Å². The summed E-state index contributed by atoms with van der Waals surface area (Å²) in [5.74, 6) is 0.907. The predicted octanol–water partition coefficient (Wildman–Crippen LogP) is 4.74. The summed E-state index contributed by atoms with van der Waals surface area (Å²) >= 11 is 0. The number of nitrogens with zero attached hydrogens (tertiary/aromatic N) is 3. The van der Waals surface area contributed by atoms with Gasteiger partial charge < -0.3 is 14.9 Å². The van der Waals surface area contributed by atoms with Gasteiger partial charge in [-0.2, -0.15) is 10.5 Å². The van der Waals surface area contributed by atoms with E-state index in [2.05, 4.69) is 17.1 Å². The van der Waals surface area contributed by atoms with E-state index in [-0.39, 0.29) is 5.82 Å². The van der Waals surface area contributed by atoms with Gasteiger partial charge in [0.15, 0.2) is 0 Å². The number of allylic oxidation sites excluding steroid dienone is 3. The second-order valence-electron chi connectivity index (χ2n) is 7.27. The molecule has 4 rings (SSSR count). The lowest BCUT2D eigenvalue weighted by Crippen LogP contribution is -2.03. The van der Waals surface area contributed by atoms with E-state index in [1.165, 1.54) is 7.11 Å². The number of fused-ring (bicyclic) bond motifs is 1. The van der Waals surface area contributed by atoms with Crippen LogP contribution in [0.2, 0.25) is 0 Å². The molecule has 0 atom stereocenters. The Balaban J connectivity index is 1.77. The molecule has 156 valence electrons. The molecular formula is C25H18N4O3. The number of hydrogen-bond acceptors (Lipinski definition) is 7. The fraction of sp³-hybridized carbons (Fsp3) is 0.120. The number of ether oxygens (including phenoxy) is 1. The molecule has 0 amide bonds. The van der Waals surface area contributed by atoms with Crippen molar-refractivity contribution in [1.29, 1.82) is 10.5 Å². The van der Waals surface area contributed by atoms with E-state index < -0.39 is 5.97 Å². The molecule has 3 aromatic rings. The zero-order valence-corrected chi connectivity index (χ0v) is 17.7. The molecule has 0 fully saturated rings. The first-order valence-electron chi connectivity index (χ1n) is 9.72. The minimum Gasteiger partial charge on any atom is -0.465 e. The number of methoxy groups -OCH3 is 1. The highest BCUT2D eigenvalue weighted by atomic mass is 16.5. The number of carbonyl (C=O) groups is 1. The number of nitriles is 2. The van der Waals surface area contributed by atoms with Crippen molar-refractivity contribution in [3.63, 3.8) is 0 Å². The lowest BCUT2D eigenvalue weighted by Gasteiger charge is -2.10. The van der Waals surface area contributed by atoms with E-state index in [1.807, 2.05) is 25.1 Å². The molecule has 2 N–H and O–H groups in total. The molecule has 2 aromatic heterocycles. The van der Waals surface area contributed by atoms with Crippen LogP contribution in [-0.4, -0.2) is 18.1 Å². The topological polar surface area (TPSA) is 126 Å². The molecule has 0 bridgehead atoms. The van der Waals surface area contributed by atoms with Gasteiger partial charge in [0, 0.05) is 11.1 Å². The van der Waals surface area contributed by atoms with Crippen LogP contribution in [0.15, 0.2) is 46.4 Å². The van der Waals surface area contributed by atoms with Crippen LogP contribution in [0.3, 0.4) is 0 Å². The lowest BCUT2D eigenvalue weighted by atomic mass is 9.96. The monoisotopic (exact) mass is 422 g/mol. The Morgan fingerprint density at radius 3 is 2.47 bits per heavy atom. The maximum atomic E-state index is 11.6. The maximum Gasteiger partial charge on any atom is 0.337 e. The van der Waals surface area contributed by atoms with Crippen molar-refractivity contribution in [2.75, 3.05) is 12.8 Å². The van der Waals surface area contributed by atoms with Crippen LogP contribution in [0.4, 0.5) is 5.82 Å². The molecule has 1 aliphatic carbocycles. The lowest BCUT2D eigenvalue weighted by molar-refractivity contribution is 0.0600. The largest absolute Gasteiger partial charge is 0.465 e. The van der Waals surface area contributed by atoms with Crippen LogP contribution in [0, 0.1) is 29.6 Å². The molecule has 0 saturated carbocycles. The number of esters is 1. The number of nitrogen functional groups attached to an aromatic ring is 1. The van der Waals surface area contributed by atoms with E-state index in [9.17, 15) is 15.3 Å². The van der Waals surface area contributed by atoms with Gasteiger partial charge in [-0.3, -0.25) is 0 Å². The summed E-state index contributed by atoms with van der Waals surface area (Å²) in [5, 5.41) is 19.1. The molecule has 0 radical (unpaired) electrons. The van der Waals surface area contributed by atoms with Gasteiger partial charge in [0.25, 0.3) is 0 Å². The highest BCUT2D eigenvalue weighted by molar-refractivity contribution is 6.08. The fourth-order valence-corrected chi connectivity index (χ4v) is 3.81. The van der Waals surface area contributed by atoms with Crippen LogP contribution in [-0.2, 0) is 4.74 Å². The molecule has 32 heavy (non-hydrogen) atoms. The molecule has 1 aromatic carbocycles. The molecule has 0 spiro atoms. The number of furan rings is 1. The van der Waals surface area contributed by atoms with E-state index >= 15 is 0 Å². The normalized spacial score (nSPS) is 13.6. The quantitative estimate of drug-likeness (QED) is 0.604. The summed E-state index contributed by atoms with van der Waals surface area (Å²) in [6.45, 7) is 3.64. The number of carbonyl (C=O) groups excluding carboxylic acids is 1. The zero-order chi connectivity index (χ0) is 23.0. The SMILES string of the molecule is COC(=O)c1ccc(-c2ccc(/C=C3/C(C)=C(C#N)c4nc(N)c(C#N)c(C)c43)o2)cc1. The van der Waals surface area contributed by atoms with E-state index in [4.69, 9.17) is 14.9 Å². The summed E-state index contributed by atoms with van der Waals surface area (Å²) in [7, 11) is 1.34. The first-order chi connectivity index (χ1) is 15.4. The Morgan fingerprint density at radius 2 is 1.84 bits per heavy atom. The van der Waals surface area contributed by atoms with Crippen molar-refractivity contribution >= 4 is 29.0 Å². The molecule has 0 unspecified atom stereocenters. The van der Waals surface area contributed by atoms with Gasteiger partial charge in [-0.1, -0.05) is 12.1 Å². The second kappa shape index (κ2) is 7.90. The van der Waals surface area contributed by atoms with Gasteiger partial charge >= 0.3 is 5.97 Å². The van der Waals surface area contributed by atoms with Crippen LogP contribution in [0.1, 0.15) is 45.4 Å². The van der Waals surface area contributed by atoms with Crippen molar-refractivity contribution in [3.05, 3.63) is 75.7 Å². The highest BCUT2D eigenvalue weighted by Gasteiger charge is 2.29. The molecular weight excluding hydrogens is 404 g/mol. The van der Waals surface area contributed by atoms with Gasteiger partial charge in [-0.05, 0) is 60.9 Å². The van der Waals surface area contributed by atoms with E-state index in [0.717, 1.165) is 16.7 Å². The summed E-state index contributed by atoms with van der Waals surface area (Å²) in [6.07, 6.45) is 1.83. The van der Waals surface area contributed by atoms with E-state index in [0.29, 0.717) is 45.0 Å². The zero-order valence-electron chi connectivity index (χ0n) is 17.7. The maximum absolute atomic E-state index is 11.6. The number of nitrogens with two attached hydrogens (primary N) is 1. The van der Waals surface area contributed by atoms with Gasteiger partial charge in [-0.15, -0.1) is 0 Å². The number of aromatic nitrogens is 1. The first-order valence-corrected chi connectivity index (χ1v) is 9.72. The summed E-state index contributed by atoms with van der Waals surface area (Å²) in [6, 6.07) is 14.8. The minimum atomic E-state index is -0.404. The minimum absolute atomic E-state index is 0.112. The van der Waals surface area contributed by atoms with Crippen LogP contribution < -0.4 is 5.73 Å². The van der Waals surface area contributed by atoms with Crippen LogP contribution >= 0.6 is 0 Å². The smallest absolute Gasteiger partial charge is 0.337 e. The van der Waals surface area contributed by atoms with Crippen molar-refractivity contribution in [1.82, 2.24) is 4.98 Å². The third-order valence-electron chi connectivity index (χ3n) is 5.49. The van der Waals surface area contributed by atoms with Crippen molar-refractivity contribution < 1.29 is 13.9 Å². The number of benzene rings is 1. The Bertz CT molecular complexity index is 1410. The average molecular weight is 422 g/mol. The standard InChI is InChI=1S/C25H18N4O3/c1-13-18(22-14(2)20(12-27)24(28)29-23(22)19(13)11-26)10-17-8-9-21(32-17)15-4-6-16(7-5-15)25(30)31-3/h4-10H,1-3H3,(H2,28,29)/b18-10-. The van der Waals surface area contributed by atoms with Gasteiger partial charge in [0.2, 0.25) is 0 Å². The van der Waals surface area contributed by atoms with Gasteiger partial charge in [0.05, 0.1) is 29.5 Å². The number of hydrogen-bond donors (Lipinski definition) is 1. The van der Waals surface area contributed by atoms with Crippen molar-refractivity contribution in [3.8, 4) is 23.5 Å². The van der Waals surface area contributed by atoms with Crippen LogP contribution in [0.25, 0.3) is 28.5 Å². The second-order valence-corrected chi connectivity index (χ2v) is 7.27. The molecule has 7 heteroatoms. The molecule has 0 saturated heterocycles. The highest BCUT2D eigenvalue weighted by Crippen LogP contribution is 2.44. The molecule has 2 heterocycles. The third-order valence-corrected chi connectivity index (χ3v) is 5.49. The Hall–Kier alpha value is -4.62. The number of anilines is 1. The number of pyridine rings is 1. The third kappa shape index (κ3) is 3.23.